The molecule has 0 aliphatic carbocycles. The predicted octanol–water partition coefficient (Wildman–Crippen LogP) is 6.29. The topological polar surface area (TPSA) is 120 Å². The summed E-state index contributed by atoms with van der Waals surface area (Å²) >= 11 is 0. The summed E-state index contributed by atoms with van der Waals surface area (Å²) in [7, 11) is 0. The van der Waals surface area contributed by atoms with Crippen LogP contribution >= 0.6 is 0 Å². The largest absolute Gasteiger partial charge is 3.00 e. The second-order valence-corrected chi connectivity index (χ2v) is 13.5. The summed E-state index contributed by atoms with van der Waals surface area (Å²) in [5.74, 6) is -2.78. The summed E-state index contributed by atoms with van der Waals surface area (Å²) in [6.07, 6.45) is 12.8. The maximum absolute atomic E-state index is 10.0. The van der Waals surface area contributed by atoms with Crippen LogP contribution in [0.15, 0.2) is 0 Å². The minimum Gasteiger partial charge on any atom is -0.550 e. The van der Waals surface area contributed by atoms with Gasteiger partial charge in [0.1, 0.15) is 0 Å². The summed E-state index contributed by atoms with van der Waals surface area (Å²) in [5, 5.41) is 30.1. The molecule has 0 spiro atoms. The van der Waals surface area contributed by atoms with Crippen molar-refractivity contribution < 1.29 is 38.3 Å². The summed E-state index contributed by atoms with van der Waals surface area (Å²) in [4.78, 5) is 30.1. The first-order chi connectivity index (χ1) is 16.2. The molecule has 0 amide bonds. The van der Waals surface area contributed by atoms with Gasteiger partial charge in [0.2, 0.25) is 0 Å². The van der Waals surface area contributed by atoms with Gasteiger partial charge in [-0.1, -0.05) is 101 Å². The van der Waals surface area contributed by atoms with Gasteiger partial charge < -0.3 is 29.7 Å². The van der Waals surface area contributed by atoms with Crippen LogP contribution in [-0.2, 0) is 14.4 Å². The van der Waals surface area contributed by atoms with E-state index in [1.54, 1.807) is 0 Å². The van der Waals surface area contributed by atoms with Gasteiger partial charge in [-0.3, -0.25) is 0 Å². The molecule has 0 aromatic carbocycles. The van der Waals surface area contributed by atoms with Crippen LogP contribution in [0.5, 0.6) is 0 Å². The second kappa shape index (κ2) is 24.3. The van der Waals surface area contributed by atoms with E-state index in [0.717, 1.165) is 57.8 Å². The Balaban J connectivity index is -0.0000000439. The average Bonchev–Trinajstić information content (AvgIpc) is 2.65. The molecule has 0 fully saturated rings. The molecule has 0 aliphatic heterocycles. The summed E-state index contributed by atoms with van der Waals surface area (Å²) in [6, 6.07) is 0. The number of hydrogen-bond acceptors (Lipinski definition) is 6. The number of aliphatic carboxylic acids is 3. The third-order valence-corrected chi connectivity index (χ3v) is 5.42. The normalized spacial score (nSPS) is 11.3. The Labute approximate surface area is 256 Å². The fourth-order valence-electron chi connectivity index (χ4n) is 3.30. The zero-order valence-corrected chi connectivity index (χ0v) is 29.0. The molecule has 6 nitrogen and oxygen atoms in total. The van der Waals surface area contributed by atoms with Gasteiger partial charge in [0.05, 0.1) is 0 Å². The fraction of sp³-hybridized carbons (Fsp3) is 0.900. The third kappa shape index (κ3) is 56.6. The third-order valence-electron chi connectivity index (χ3n) is 5.42. The number of rotatable bonds is 15. The zero-order chi connectivity index (χ0) is 28.8. The quantitative estimate of drug-likeness (QED) is 0.144. The van der Waals surface area contributed by atoms with Gasteiger partial charge in [-0.15, -0.1) is 0 Å². The van der Waals surface area contributed by atoms with Gasteiger partial charge in [0.25, 0.3) is 0 Å². The number of carboxylic acid groups (broad SMARTS) is 3. The van der Waals surface area contributed by atoms with Crippen molar-refractivity contribution in [3.63, 3.8) is 0 Å². The molecule has 0 bridgehead atoms. The van der Waals surface area contributed by atoms with Crippen LogP contribution in [0.3, 0.4) is 0 Å². The Kier molecular flexibility index (Phi) is 28.5. The van der Waals surface area contributed by atoms with E-state index in [9.17, 15) is 29.7 Å². The van der Waals surface area contributed by atoms with Crippen LogP contribution in [0.1, 0.15) is 167 Å². The SMILES string of the molecule is CC(C)(C)CCCCCC(=O)[O-].CC(C)(C)CCCCCC(=O)[O-].CC(C)(C)CCCCCC(=O)[O-].[Bi+3].[HH].[HH].[HH].[HH].[HH].[HH]. The minimum absolute atomic E-state index is 0. The van der Waals surface area contributed by atoms with E-state index in [0.29, 0.717) is 16.2 Å². The van der Waals surface area contributed by atoms with E-state index in [-0.39, 0.29) is 54.0 Å². The Bertz CT molecular complexity index is 512. The van der Waals surface area contributed by atoms with Crippen molar-refractivity contribution in [2.45, 2.75) is 159 Å². The predicted molar refractivity (Wildman–Crippen MR) is 161 cm³/mol. The molecule has 0 N–H and O–H groups in total. The first-order valence-electron chi connectivity index (χ1n) is 13.8. The van der Waals surface area contributed by atoms with Crippen LogP contribution in [-0.4, -0.2) is 44.1 Å². The summed E-state index contributed by atoms with van der Waals surface area (Å²) < 4.78 is 0. The van der Waals surface area contributed by atoms with Crippen LogP contribution in [0.2, 0.25) is 0 Å². The molecule has 7 heteroatoms. The number of carbonyl (C=O) groups is 3. The standard InChI is InChI=1S/3C10H20O2.Bi.6H2/c3*1-10(2,3)8-6-4-5-7-9(11)12;;;;;;;/h3*4-8H2,1-3H3,(H,11,12);;6*1H/q;;;+3;;;;;;/p-3. The molecule has 0 aromatic rings. The van der Waals surface area contributed by atoms with E-state index in [1.165, 1.54) is 19.3 Å². The summed E-state index contributed by atoms with van der Waals surface area (Å²) in [6.45, 7) is 19.8. The molecule has 230 valence electrons. The van der Waals surface area contributed by atoms with E-state index in [1.807, 2.05) is 0 Å². The molecule has 0 aromatic heterocycles. The second-order valence-electron chi connectivity index (χ2n) is 13.5. The molecular weight excluding hydrogens is 665 g/mol. The van der Waals surface area contributed by atoms with Crippen molar-refractivity contribution in [1.29, 1.82) is 0 Å². The molecule has 0 saturated carbocycles. The van der Waals surface area contributed by atoms with Gasteiger partial charge in [-0.05, 0) is 74.0 Å². The van der Waals surface area contributed by atoms with Gasteiger partial charge in [0.15, 0.2) is 0 Å². The molecule has 0 saturated heterocycles. The van der Waals surface area contributed by atoms with Gasteiger partial charge in [-0.25, -0.2) is 0 Å². The number of carbonyl (C=O) groups excluding carboxylic acids is 3. The van der Waals surface area contributed by atoms with Crippen LogP contribution in [0, 0.1) is 16.2 Å². The Morgan fingerprint density at radius 2 is 0.622 bits per heavy atom. The van der Waals surface area contributed by atoms with E-state index in [2.05, 4.69) is 62.3 Å². The van der Waals surface area contributed by atoms with E-state index >= 15 is 0 Å². The van der Waals surface area contributed by atoms with Crippen LogP contribution in [0.4, 0.5) is 0 Å². The van der Waals surface area contributed by atoms with E-state index < -0.39 is 17.9 Å². The number of hydrogen-bond donors (Lipinski definition) is 0. The minimum atomic E-state index is -0.925. The molecule has 2 radical (unpaired) electrons. The molecule has 37 heavy (non-hydrogen) atoms. The van der Waals surface area contributed by atoms with Crippen LogP contribution < -0.4 is 15.3 Å². The summed E-state index contributed by atoms with van der Waals surface area (Å²) in [5.41, 5.74) is 1.13. The van der Waals surface area contributed by atoms with E-state index in [4.69, 9.17) is 0 Å². The van der Waals surface area contributed by atoms with Gasteiger partial charge in [0, 0.05) is 26.5 Å². The molecule has 0 aliphatic rings. The van der Waals surface area contributed by atoms with Crippen molar-refractivity contribution in [2.24, 2.45) is 16.2 Å². The maximum Gasteiger partial charge on any atom is 3.00 e. The number of unbranched alkanes of at least 4 members (excludes halogenated alkanes) is 6. The Morgan fingerprint density at radius 1 is 0.432 bits per heavy atom. The fourth-order valence-corrected chi connectivity index (χ4v) is 3.30. The van der Waals surface area contributed by atoms with Gasteiger partial charge in [-0.2, -0.15) is 0 Å². The Hall–Kier alpha value is -0.707. The maximum atomic E-state index is 10.0. The van der Waals surface area contributed by atoms with Gasteiger partial charge >= 0.3 is 26.2 Å². The number of carboxylic acids is 3. The average molecular weight is 735 g/mol. The van der Waals surface area contributed by atoms with Crippen molar-refractivity contribution in [3.05, 3.63) is 0 Å². The molecule has 0 heterocycles. The van der Waals surface area contributed by atoms with Crippen molar-refractivity contribution in [2.75, 3.05) is 0 Å². The smallest absolute Gasteiger partial charge is 0.550 e. The van der Waals surface area contributed by atoms with Crippen LogP contribution in [0.25, 0.3) is 0 Å². The molecule has 0 rings (SSSR count). The monoisotopic (exact) mass is 734 g/mol. The first kappa shape index (κ1) is 43.3. The van der Waals surface area contributed by atoms with Crippen molar-refractivity contribution >= 4 is 44.1 Å². The molecule has 0 atom stereocenters. The van der Waals surface area contributed by atoms with Crippen molar-refractivity contribution in [1.82, 2.24) is 0 Å². The molecule has 0 unspecified atom stereocenters. The zero-order valence-electron chi connectivity index (χ0n) is 25.5. The molecular formula is C30H69BiO6. The van der Waals surface area contributed by atoms with Crippen molar-refractivity contribution in [3.8, 4) is 0 Å². The first-order valence-corrected chi connectivity index (χ1v) is 13.8. The Morgan fingerprint density at radius 3 is 0.757 bits per heavy atom.